The van der Waals surface area contributed by atoms with Gasteiger partial charge >= 0.3 is 0 Å². The lowest BCUT2D eigenvalue weighted by atomic mass is 9.81. The summed E-state index contributed by atoms with van der Waals surface area (Å²) < 4.78 is 0. The van der Waals surface area contributed by atoms with Crippen LogP contribution in [0, 0.1) is 0 Å². The van der Waals surface area contributed by atoms with Crippen LogP contribution in [0.4, 0.5) is 0 Å². The molecule has 1 heterocycles. The highest BCUT2D eigenvalue weighted by Crippen LogP contribution is 2.53. The zero-order chi connectivity index (χ0) is 38.1. The second kappa shape index (κ2) is 13.0. The van der Waals surface area contributed by atoms with E-state index in [0.29, 0.717) is 5.82 Å². The van der Waals surface area contributed by atoms with Crippen molar-refractivity contribution >= 4 is 32.3 Å². The molecule has 0 fully saturated rings. The minimum Gasteiger partial charge on any atom is -0.228 e. The lowest BCUT2D eigenvalue weighted by molar-refractivity contribution is 0.660. The van der Waals surface area contributed by atoms with Gasteiger partial charge in [0.1, 0.15) is 0 Å². The number of hydrogen-bond acceptors (Lipinski definition) is 2. The summed E-state index contributed by atoms with van der Waals surface area (Å²) in [5.41, 5.74) is 14.9. The molecule has 0 saturated heterocycles. The van der Waals surface area contributed by atoms with Crippen molar-refractivity contribution in [2.24, 2.45) is 0 Å². The molecular weight excluding hydrogens is 689 g/mol. The Balaban J connectivity index is 1.12. The maximum Gasteiger partial charge on any atom is 0.160 e. The Morgan fingerprint density at radius 1 is 0.333 bits per heavy atom. The lowest BCUT2D eigenvalue weighted by Gasteiger charge is -2.22. The molecule has 1 aliphatic rings. The van der Waals surface area contributed by atoms with E-state index < -0.39 is 0 Å². The maximum atomic E-state index is 5.33. The van der Waals surface area contributed by atoms with Gasteiger partial charge in [-0.15, -0.1) is 0 Å². The molecule has 9 aromatic carbocycles. The van der Waals surface area contributed by atoms with Crippen molar-refractivity contribution in [1.29, 1.82) is 0 Å². The summed E-state index contributed by atoms with van der Waals surface area (Å²) in [7, 11) is 0. The van der Waals surface area contributed by atoms with Crippen LogP contribution in [0.25, 0.3) is 99.6 Å². The van der Waals surface area contributed by atoms with Crippen molar-refractivity contribution in [1.82, 2.24) is 9.97 Å². The van der Waals surface area contributed by atoms with Crippen LogP contribution in [-0.2, 0) is 5.41 Å². The Labute approximate surface area is 332 Å². The number of benzene rings is 9. The molecule has 2 heteroatoms. The van der Waals surface area contributed by atoms with Crippen LogP contribution in [0.1, 0.15) is 25.0 Å². The smallest absolute Gasteiger partial charge is 0.160 e. The van der Waals surface area contributed by atoms with Crippen LogP contribution in [0.2, 0.25) is 0 Å². The molecule has 2 nitrogen and oxygen atoms in total. The van der Waals surface area contributed by atoms with Crippen LogP contribution in [0.5, 0.6) is 0 Å². The van der Waals surface area contributed by atoms with Gasteiger partial charge in [0, 0.05) is 22.1 Å². The van der Waals surface area contributed by atoms with Crippen molar-refractivity contribution < 1.29 is 0 Å². The summed E-state index contributed by atoms with van der Waals surface area (Å²) in [6.45, 7) is 4.68. The molecule has 0 aliphatic heterocycles. The summed E-state index contributed by atoms with van der Waals surface area (Å²) >= 11 is 0. The first kappa shape index (κ1) is 33.2. The van der Waals surface area contributed by atoms with E-state index in [2.05, 4.69) is 202 Å². The second-order valence-corrected chi connectivity index (χ2v) is 15.7. The average molecular weight is 727 g/mol. The highest BCUT2D eigenvalue weighted by atomic mass is 14.9. The standard InChI is InChI=1S/C55H38N2/c1-55(2)48-28-13-12-26-46(48)53-44(27-15-29-49(53)55)42-24-10-11-25-43(42)51-34-50(56-54(57-51)36-17-4-3-5-18-36)38-20-14-21-39(32-38)52-41-23-9-7-19-37(41)33-47-40-22-8-6-16-35(40)30-31-45(47)52/h3-34H,1-2H3. The van der Waals surface area contributed by atoms with Gasteiger partial charge in [0.2, 0.25) is 0 Å². The van der Waals surface area contributed by atoms with Gasteiger partial charge in [0.15, 0.2) is 5.82 Å². The van der Waals surface area contributed by atoms with Gasteiger partial charge in [0.25, 0.3) is 0 Å². The van der Waals surface area contributed by atoms with E-state index in [9.17, 15) is 0 Å². The minimum absolute atomic E-state index is 0.0903. The molecule has 10 aromatic rings. The summed E-state index contributed by atoms with van der Waals surface area (Å²) in [6, 6.07) is 70.2. The number of rotatable bonds is 5. The molecule has 0 spiro atoms. The predicted molar refractivity (Wildman–Crippen MR) is 239 cm³/mol. The fraction of sp³-hybridized carbons (Fsp3) is 0.0545. The van der Waals surface area contributed by atoms with Gasteiger partial charge in [-0.25, -0.2) is 9.97 Å². The van der Waals surface area contributed by atoms with Crippen molar-refractivity contribution in [2.45, 2.75) is 19.3 Å². The van der Waals surface area contributed by atoms with Gasteiger partial charge in [-0.3, -0.25) is 0 Å². The zero-order valence-corrected chi connectivity index (χ0v) is 31.9. The van der Waals surface area contributed by atoms with Crippen molar-refractivity contribution in [3.05, 3.63) is 205 Å². The van der Waals surface area contributed by atoms with E-state index in [-0.39, 0.29) is 5.41 Å². The quantitative estimate of drug-likeness (QED) is 0.130. The minimum atomic E-state index is -0.0903. The molecule has 0 unspecified atom stereocenters. The Hall–Kier alpha value is -7.16. The van der Waals surface area contributed by atoms with Crippen molar-refractivity contribution in [3.8, 4) is 67.3 Å². The average Bonchev–Trinajstić information content (AvgIpc) is 3.51. The monoisotopic (exact) mass is 726 g/mol. The topological polar surface area (TPSA) is 25.8 Å². The maximum absolute atomic E-state index is 5.33. The fourth-order valence-corrected chi connectivity index (χ4v) is 9.34. The second-order valence-electron chi connectivity index (χ2n) is 15.7. The molecule has 0 amide bonds. The number of aromatic nitrogens is 2. The first-order valence-corrected chi connectivity index (χ1v) is 19.7. The first-order valence-electron chi connectivity index (χ1n) is 19.7. The van der Waals surface area contributed by atoms with Crippen LogP contribution >= 0.6 is 0 Å². The largest absolute Gasteiger partial charge is 0.228 e. The Bertz CT molecular complexity index is 3210. The highest BCUT2D eigenvalue weighted by Gasteiger charge is 2.36. The molecule has 1 aliphatic carbocycles. The van der Waals surface area contributed by atoms with Crippen LogP contribution in [0.3, 0.4) is 0 Å². The molecule has 57 heavy (non-hydrogen) atoms. The van der Waals surface area contributed by atoms with Gasteiger partial charge in [-0.1, -0.05) is 190 Å². The Kier molecular flexibility index (Phi) is 7.55. The molecule has 0 N–H and O–H groups in total. The number of fused-ring (bicyclic) bond motifs is 7. The zero-order valence-electron chi connectivity index (χ0n) is 31.9. The van der Waals surface area contributed by atoms with E-state index in [1.807, 2.05) is 6.07 Å². The third-order valence-electron chi connectivity index (χ3n) is 12.1. The lowest BCUT2D eigenvalue weighted by Crippen LogP contribution is -2.14. The normalized spacial score (nSPS) is 12.9. The van der Waals surface area contributed by atoms with E-state index in [0.717, 1.165) is 39.2 Å². The van der Waals surface area contributed by atoms with E-state index in [1.54, 1.807) is 0 Å². The summed E-state index contributed by atoms with van der Waals surface area (Å²) in [5, 5.41) is 7.48. The summed E-state index contributed by atoms with van der Waals surface area (Å²) in [4.78, 5) is 10.6. The van der Waals surface area contributed by atoms with E-state index in [4.69, 9.17) is 9.97 Å². The number of nitrogens with zero attached hydrogens (tertiary/aromatic N) is 2. The van der Waals surface area contributed by atoms with Gasteiger partial charge in [-0.05, 0) is 95.0 Å². The fourth-order valence-electron chi connectivity index (χ4n) is 9.34. The molecule has 268 valence electrons. The Morgan fingerprint density at radius 3 is 1.81 bits per heavy atom. The SMILES string of the molecule is CC1(C)c2ccccc2-c2c(-c3ccccc3-c3cc(-c4cccc(-c5c6ccccc6cc6c5ccc5ccccc56)c4)nc(-c4ccccc4)n3)cccc21. The molecule has 11 rings (SSSR count). The van der Waals surface area contributed by atoms with Crippen molar-refractivity contribution in [2.75, 3.05) is 0 Å². The molecule has 0 atom stereocenters. The van der Waals surface area contributed by atoms with E-state index in [1.165, 1.54) is 65.7 Å². The first-order chi connectivity index (χ1) is 28.0. The molecule has 0 saturated carbocycles. The number of hydrogen-bond donors (Lipinski definition) is 0. The Morgan fingerprint density at radius 2 is 0.947 bits per heavy atom. The third kappa shape index (κ3) is 5.33. The highest BCUT2D eigenvalue weighted by molar-refractivity contribution is 6.20. The van der Waals surface area contributed by atoms with Gasteiger partial charge in [0.05, 0.1) is 11.4 Å². The van der Waals surface area contributed by atoms with E-state index >= 15 is 0 Å². The van der Waals surface area contributed by atoms with Crippen molar-refractivity contribution in [3.63, 3.8) is 0 Å². The predicted octanol–water partition coefficient (Wildman–Crippen LogP) is 14.6. The molecule has 0 bridgehead atoms. The van der Waals surface area contributed by atoms with Crippen LogP contribution in [0.15, 0.2) is 194 Å². The van der Waals surface area contributed by atoms with Gasteiger partial charge in [-0.2, -0.15) is 0 Å². The third-order valence-corrected chi connectivity index (χ3v) is 12.1. The van der Waals surface area contributed by atoms with Crippen LogP contribution in [-0.4, -0.2) is 9.97 Å². The molecule has 1 aromatic heterocycles. The molecular formula is C55H38N2. The summed E-state index contributed by atoms with van der Waals surface area (Å²) in [6.07, 6.45) is 0. The summed E-state index contributed by atoms with van der Waals surface area (Å²) in [5.74, 6) is 0.704. The van der Waals surface area contributed by atoms with Gasteiger partial charge < -0.3 is 0 Å². The molecule has 0 radical (unpaired) electrons. The van der Waals surface area contributed by atoms with Crippen LogP contribution < -0.4 is 0 Å².